The first-order chi connectivity index (χ1) is 14.9. The van der Waals surface area contributed by atoms with E-state index < -0.39 is 17.8 Å². The number of hydrogen-bond acceptors (Lipinski definition) is 7. The molecule has 0 aliphatic heterocycles. The number of benzene rings is 1. The van der Waals surface area contributed by atoms with Crippen molar-refractivity contribution in [3.63, 3.8) is 0 Å². The van der Waals surface area contributed by atoms with Gasteiger partial charge in [0.25, 0.3) is 0 Å². The fraction of sp³-hybridized carbons (Fsp3) is 0.381. The number of amides is 2. The number of anilines is 2. The number of carbonyl (C=O) groups is 3. The Morgan fingerprint density at radius 1 is 1.19 bits per heavy atom. The van der Waals surface area contributed by atoms with Crippen molar-refractivity contribution in [3.8, 4) is 0 Å². The maximum atomic E-state index is 12.7. The lowest BCUT2D eigenvalue weighted by Gasteiger charge is -2.24. The smallest absolute Gasteiger partial charge is 0.307 e. The van der Waals surface area contributed by atoms with Crippen molar-refractivity contribution in [2.45, 2.75) is 43.3 Å². The fourth-order valence-electron chi connectivity index (χ4n) is 3.28. The normalized spacial score (nSPS) is 18.9. The molecular weight excluding hydrogens is 436 g/mol. The molecule has 1 aliphatic carbocycles. The summed E-state index contributed by atoms with van der Waals surface area (Å²) >= 11 is 2.71. The van der Waals surface area contributed by atoms with Crippen molar-refractivity contribution in [3.05, 3.63) is 41.4 Å². The molecule has 2 amide bonds. The van der Waals surface area contributed by atoms with Gasteiger partial charge in [-0.2, -0.15) is 0 Å². The average Bonchev–Trinajstić information content (AvgIpc) is 3.16. The number of hydrogen-bond donors (Lipinski definition) is 3. The summed E-state index contributed by atoms with van der Waals surface area (Å²) in [6, 6.07) is 7.21. The van der Waals surface area contributed by atoms with Gasteiger partial charge in [0.15, 0.2) is 0 Å². The quantitative estimate of drug-likeness (QED) is 0.403. The summed E-state index contributed by atoms with van der Waals surface area (Å²) in [5.41, 5.74) is 0.573. The number of carboxylic acid groups (broad SMARTS) is 1. The van der Waals surface area contributed by atoms with E-state index in [2.05, 4.69) is 20.8 Å². The minimum absolute atomic E-state index is 0.156. The summed E-state index contributed by atoms with van der Waals surface area (Å²) in [6.45, 7) is 3.75. The zero-order chi connectivity index (χ0) is 22.4. The molecule has 3 rings (SSSR count). The minimum Gasteiger partial charge on any atom is -0.481 e. The van der Waals surface area contributed by atoms with Gasteiger partial charge in [0, 0.05) is 10.6 Å². The van der Waals surface area contributed by atoms with Crippen LogP contribution in [-0.4, -0.2) is 38.3 Å². The van der Waals surface area contributed by atoms with E-state index in [9.17, 15) is 19.5 Å². The molecule has 0 saturated carbocycles. The summed E-state index contributed by atoms with van der Waals surface area (Å²) in [7, 11) is 0. The first-order valence-electron chi connectivity index (χ1n) is 9.93. The van der Waals surface area contributed by atoms with Crippen molar-refractivity contribution in [1.29, 1.82) is 0 Å². The van der Waals surface area contributed by atoms with E-state index in [1.165, 1.54) is 23.1 Å². The van der Waals surface area contributed by atoms with Gasteiger partial charge in [-0.3, -0.25) is 19.7 Å². The van der Waals surface area contributed by atoms with Gasteiger partial charge in [-0.05, 0) is 44.4 Å². The van der Waals surface area contributed by atoms with E-state index in [0.717, 1.165) is 9.90 Å². The van der Waals surface area contributed by atoms with Gasteiger partial charge in [-0.1, -0.05) is 36.5 Å². The van der Waals surface area contributed by atoms with Crippen LogP contribution in [0.25, 0.3) is 0 Å². The zero-order valence-electron chi connectivity index (χ0n) is 17.2. The molecule has 10 heteroatoms. The van der Waals surface area contributed by atoms with E-state index in [1.807, 2.05) is 26.0 Å². The Kier molecular flexibility index (Phi) is 7.80. The maximum absolute atomic E-state index is 12.7. The molecule has 1 aromatic heterocycles. The number of thioether (sulfide) groups is 1. The molecule has 31 heavy (non-hydrogen) atoms. The number of allylic oxidation sites excluding steroid dienone is 2. The molecule has 1 aromatic carbocycles. The van der Waals surface area contributed by atoms with Crippen LogP contribution >= 0.6 is 23.1 Å². The Balaban J connectivity index is 1.64. The van der Waals surface area contributed by atoms with E-state index >= 15 is 0 Å². The van der Waals surface area contributed by atoms with Crippen LogP contribution in [0.3, 0.4) is 0 Å². The predicted octanol–water partition coefficient (Wildman–Crippen LogP) is 3.96. The molecule has 0 bridgehead atoms. The van der Waals surface area contributed by atoms with Gasteiger partial charge in [0.1, 0.15) is 5.01 Å². The Morgan fingerprint density at radius 2 is 1.94 bits per heavy atom. The number of carboxylic acids is 1. The van der Waals surface area contributed by atoms with Crippen LogP contribution < -0.4 is 10.6 Å². The van der Waals surface area contributed by atoms with E-state index in [4.69, 9.17) is 0 Å². The van der Waals surface area contributed by atoms with Gasteiger partial charge in [0.2, 0.25) is 16.9 Å². The molecule has 8 nitrogen and oxygen atoms in total. The fourth-order valence-corrected chi connectivity index (χ4v) is 4.89. The molecule has 3 atom stereocenters. The molecule has 1 heterocycles. The molecule has 2 aromatic rings. The third-order valence-electron chi connectivity index (χ3n) is 4.89. The molecule has 3 unspecified atom stereocenters. The number of nitrogens with zero attached hydrogens (tertiary/aromatic N) is 2. The number of carbonyl (C=O) groups excluding carboxylic acids is 2. The number of aliphatic carboxylic acids is 1. The topological polar surface area (TPSA) is 121 Å². The first kappa shape index (κ1) is 23.0. The van der Waals surface area contributed by atoms with Crippen LogP contribution in [0.1, 0.15) is 31.2 Å². The Hall–Kier alpha value is -2.72. The van der Waals surface area contributed by atoms with Gasteiger partial charge in [-0.15, -0.1) is 22.0 Å². The summed E-state index contributed by atoms with van der Waals surface area (Å²) < 4.78 is 0. The third-order valence-corrected chi connectivity index (χ3v) is 7.00. The van der Waals surface area contributed by atoms with E-state index in [1.54, 1.807) is 24.3 Å². The number of aromatic nitrogens is 2. The molecule has 0 spiro atoms. The van der Waals surface area contributed by atoms with Crippen molar-refractivity contribution in [1.82, 2.24) is 10.2 Å². The summed E-state index contributed by atoms with van der Waals surface area (Å²) in [6.07, 6.45) is 5.02. The minimum atomic E-state index is -0.962. The summed E-state index contributed by atoms with van der Waals surface area (Å²) in [5.74, 6) is -2.76. The highest BCUT2D eigenvalue weighted by molar-refractivity contribution is 8.00. The lowest BCUT2D eigenvalue weighted by Crippen LogP contribution is -2.34. The van der Waals surface area contributed by atoms with Crippen LogP contribution in [0, 0.1) is 18.8 Å². The van der Waals surface area contributed by atoms with Gasteiger partial charge in [0.05, 0.1) is 17.1 Å². The Morgan fingerprint density at radius 3 is 2.58 bits per heavy atom. The van der Waals surface area contributed by atoms with Crippen molar-refractivity contribution >= 4 is 51.7 Å². The van der Waals surface area contributed by atoms with Crippen LogP contribution in [0.15, 0.2) is 41.3 Å². The standard InChI is InChI=1S/C21H24N4O4S2/c1-3-17(19(27)23-21-25-24-12(2)30-21)31-14-8-6-7-13(11-14)22-18(26)15-9-4-5-10-16(15)20(28)29/h4-8,11,15-17H,3,9-10H2,1-2H3,(H,22,26)(H,28,29)(H,23,25,27). The SMILES string of the molecule is CCC(Sc1cccc(NC(=O)C2CC=CCC2C(=O)O)c1)C(=O)Nc1nnc(C)s1. The molecule has 0 fully saturated rings. The Bertz CT molecular complexity index is 991. The average molecular weight is 461 g/mol. The second kappa shape index (κ2) is 10.5. The highest BCUT2D eigenvalue weighted by atomic mass is 32.2. The zero-order valence-corrected chi connectivity index (χ0v) is 18.8. The first-order valence-corrected chi connectivity index (χ1v) is 11.6. The summed E-state index contributed by atoms with van der Waals surface area (Å²) in [4.78, 5) is 37.6. The molecule has 3 N–H and O–H groups in total. The number of rotatable bonds is 8. The van der Waals surface area contributed by atoms with Crippen LogP contribution in [0.5, 0.6) is 0 Å². The van der Waals surface area contributed by atoms with Crippen LogP contribution in [-0.2, 0) is 14.4 Å². The van der Waals surface area contributed by atoms with Gasteiger partial charge >= 0.3 is 5.97 Å². The Labute approximate surface area is 188 Å². The molecule has 0 saturated heterocycles. The van der Waals surface area contributed by atoms with E-state index in [0.29, 0.717) is 30.1 Å². The molecule has 164 valence electrons. The maximum Gasteiger partial charge on any atom is 0.307 e. The largest absolute Gasteiger partial charge is 0.481 e. The highest BCUT2D eigenvalue weighted by Crippen LogP contribution is 2.31. The van der Waals surface area contributed by atoms with E-state index in [-0.39, 0.29) is 17.1 Å². The lowest BCUT2D eigenvalue weighted by molar-refractivity contribution is -0.146. The summed E-state index contributed by atoms with van der Waals surface area (Å²) in [5, 5.41) is 23.7. The molecular formula is C21H24N4O4S2. The molecule has 1 aliphatic rings. The predicted molar refractivity (Wildman–Crippen MR) is 121 cm³/mol. The number of aryl methyl sites for hydroxylation is 1. The number of nitrogens with one attached hydrogen (secondary N) is 2. The lowest BCUT2D eigenvalue weighted by atomic mass is 9.82. The third kappa shape index (κ3) is 6.14. The second-order valence-electron chi connectivity index (χ2n) is 7.14. The van der Waals surface area contributed by atoms with Crippen molar-refractivity contribution in [2.75, 3.05) is 10.6 Å². The van der Waals surface area contributed by atoms with Crippen molar-refractivity contribution < 1.29 is 19.5 Å². The van der Waals surface area contributed by atoms with Crippen LogP contribution in [0.4, 0.5) is 10.8 Å². The van der Waals surface area contributed by atoms with Gasteiger partial charge in [-0.25, -0.2) is 0 Å². The monoisotopic (exact) mass is 460 g/mol. The van der Waals surface area contributed by atoms with Crippen LogP contribution in [0.2, 0.25) is 0 Å². The second-order valence-corrected chi connectivity index (χ2v) is 9.60. The molecule has 0 radical (unpaired) electrons. The van der Waals surface area contributed by atoms with Gasteiger partial charge < -0.3 is 10.4 Å². The highest BCUT2D eigenvalue weighted by Gasteiger charge is 2.34. The van der Waals surface area contributed by atoms with Crippen molar-refractivity contribution in [2.24, 2.45) is 11.8 Å².